The number of nitrogens with zero attached hydrogens (tertiary/aromatic N) is 2. The predicted molar refractivity (Wildman–Crippen MR) is 127 cm³/mol. The Balaban J connectivity index is 1.44. The van der Waals surface area contributed by atoms with Crippen molar-refractivity contribution in [3.8, 4) is 5.75 Å². The van der Waals surface area contributed by atoms with Crippen molar-refractivity contribution in [1.82, 2.24) is 9.80 Å². The van der Waals surface area contributed by atoms with Crippen molar-refractivity contribution in [3.05, 3.63) is 41.2 Å². The lowest BCUT2D eigenvalue weighted by molar-refractivity contribution is -0.136. The van der Waals surface area contributed by atoms with Crippen LogP contribution in [0.4, 0.5) is 0 Å². The Labute approximate surface area is 202 Å². The first-order valence-electron chi connectivity index (χ1n) is 12.9. The van der Waals surface area contributed by atoms with Crippen LogP contribution in [-0.2, 0) is 19.1 Å². The molecule has 2 fully saturated rings. The van der Waals surface area contributed by atoms with Crippen molar-refractivity contribution in [2.24, 2.45) is 11.8 Å². The van der Waals surface area contributed by atoms with E-state index in [-0.39, 0.29) is 23.7 Å². The third-order valence-corrected chi connectivity index (χ3v) is 7.63. The number of morpholine rings is 1. The largest absolute Gasteiger partial charge is 0.494 e. The normalized spacial score (nSPS) is 29.6. The van der Waals surface area contributed by atoms with Crippen molar-refractivity contribution >= 4 is 11.7 Å². The molecule has 3 aliphatic heterocycles. The zero-order valence-corrected chi connectivity index (χ0v) is 20.3. The van der Waals surface area contributed by atoms with Crippen LogP contribution in [0.2, 0.25) is 0 Å². The number of fused-ring (bicyclic) bond motifs is 1. The Bertz CT molecular complexity index is 937. The molecular formula is C27H36N2O5. The maximum absolute atomic E-state index is 13.8. The van der Waals surface area contributed by atoms with E-state index in [2.05, 4.69) is 18.7 Å². The number of carbonyl (C=O) groups excluding carboxylic acids is 2. The Hall–Kier alpha value is -2.38. The van der Waals surface area contributed by atoms with E-state index in [0.29, 0.717) is 43.6 Å². The van der Waals surface area contributed by atoms with Gasteiger partial charge in [0.25, 0.3) is 5.91 Å². The third kappa shape index (κ3) is 4.48. The van der Waals surface area contributed by atoms with E-state index in [1.165, 1.54) is 0 Å². The van der Waals surface area contributed by atoms with Crippen LogP contribution >= 0.6 is 0 Å². The molecule has 1 saturated heterocycles. The molecule has 34 heavy (non-hydrogen) atoms. The highest BCUT2D eigenvalue weighted by atomic mass is 16.5. The van der Waals surface area contributed by atoms with Gasteiger partial charge < -0.3 is 19.1 Å². The minimum atomic E-state index is -0.408. The number of ketones is 1. The van der Waals surface area contributed by atoms with Crippen molar-refractivity contribution in [2.75, 3.05) is 46.0 Å². The Morgan fingerprint density at radius 3 is 2.56 bits per heavy atom. The van der Waals surface area contributed by atoms with E-state index in [1.54, 1.807) is 0 Å². The summed E-state index contributed by atoms with van der Waals surface area (Å²) >= 11 is 0. The lowest BCUT2D eigenvalue weighted by Gasteiger charge is -2.37. The summed E-state index contributed by atoms with van der Waals surface area (Å²) in [5, 5.41) is 0. The van der Waals surface area contributed by atoms with Crippen LogP contribution in [0.1, 0.15) is 51.1 Å². The van der Waals surface area contributed by atoms with Crippen LogP contribution in [0, 0.1) is 11.8 Å². The summed E-state index contributed by atoms with van der Waals surface area (Å²) in [5.41, 5.74) is 1.49. The van der Waals surface area contributed by atoms with E-state index in [0.717, 1.165) is 56.6 Å². The average Bonchev–Trinajstić information content (AvgIpc) is 3.14. The lowest BCUT2D eigenvalue weighted by Crippen LogP contribution is -2.43. The molecule has 0 bridgehead atoms. The molecule has 0 spiro atoms. The Morgan fingerprint density at radius 2 is 1.82 bits per heavy atom. The summed E-state index contributed by atoms with van der Waals surface area (Å²) < 4.78 is 17.5. The summed E-state index contributed by atoms with van der Waals surface area (Å²) in [6.07, 6.45) is 3.48. The van der Waals surface area contributed by atoms with Crippen LogP contribution in [0.25, 0.3) is 0 Å². The fourth-order valence-corrected chi connectivity index (χ4v) is 5.74. The van der Waals surface area contributed by atoms with Crippen LogP contribution in [0.15, 0.2) is 35.6 Å². The molecule has 3 heterocycles. The van der Waals surface area contributed by atoms with Crippen LogP contribution in [-0.4, -0.2) is 73.6 Å². The Kier molecular flexibility index (Phi) is 6.93. The number of hydrogen-bond acceptors (Lipinski definition) is 6. The van der Waals surface area contributed by atoms with E-state index in [4.69, 9.17) is 14.2 Å². The maximum atomic E-state index is 13.8. The fourth-order valence-electron chi connectivity index (χ4n) is 5.74. The lowest BCUT2D eigenvalue weighted by atomic mass is 9.74. The highest BCUT2D eigenvalue weighted by Crippen LogP contribution is 2.47. The van der Waals surface area contributed by atoms with E-state index in [1.807, 2.05) is 29.2 Å². The molecule has 5 rings (SSSR count). The van der Waals surface area contributed by atoms with Gasteiger partial charge in [0.2, 0.25) is 0 Å². The summed E-state index contributed by atoms with van der Waals surface area (Å²) in [6, 6.07) is 7.45. The molecule has 4 atom stereocenters. The number of amides is 1. The monoisotopic (exact) mass is 468 g/mol. The maximum Gasteiger partial charge on any atom is 0.290 e. The van der Waals surface area contributed by atoms with Crippen molar-refractivity contribution in [2.45, 2.75) is 51.7 Å². The third-order valence-electron chi connectivity index (χ3n) is 7.63. The van der Waals surface area contributed by atoms with Crippen molar-refractivity contribution in [1.29, 1.82) is 0 Å². The number of benzene rings is 1. The van der Waals surface area contributed by atoms with Gasteiger partial charge in [-0.2, -0.15) is 0 Å². The van der Waals surface area contributed by atoms with Gasteiger partial charge in [-0.15, -0.1) is 0 Å². The van der Waals surface area contributed by atoms with Crippen molar-refractivity contribution < 1.29 is 23.8 Å². The number of ether oxygens (including phenoxy) is 3. The zero-order valence-electron chi connectivity index (χ0n) is 20.3. The van der Waals surface area contributed by atoms with Gasteiger partial charge in [-0.05, 0) is 49.3 Å². The molecular weight excluding hydrogens is 432 g/mol. The molecule has 0 radical (unpaired) electrons. The van der Waals surface area contributed by atoms with E-state index < -0.39 is 6.04 Å². The van der Waals surface area contributed by atoms with Gasteiger partial charge in [-0.1, -0.05) is 26.0 Å². The molecule has 7 heteroatoms. The molecule has 0 N–H and O–H groups in total. The first-order chi connectivity index (χ1) is 16.6. The molecule has 4 aliphatic rings. The van der Waals surface area contributed by atoms with Gasteiger partial charge >= 0.3 is 0 Å². The summed E-state index contributed by atoms with van der Waals surface area (Å²) in [6.45, 7) is 9.40. The van der Waals surface area contributed by atoms with Gasteiger partial charge in [0, 0.05) is 26.2 Å². The molecule has 1 aliphatic carbocycles. The summed E-state index contributed by atoms with van der Waals surface area (Å²) in [7, 11) is 0. The first-order valence-corrected chi connectivity index (χ1v) is 12.9. The Morgan fingerprint density at radius 1 is 1.06 bits per heavy atom. The van der Waals surface area contributed by atoms with Crippen LogP contribution < -0.4 is 4.74 Å². The number of hydrogen-bond donors (Lipinski definition) is 0. The van der Waals surface area contributed by atoms with E-state index in [9.17, 15) is 9.59 Å². The molecule has 1 amide bonds. The molecule has 4 unspecified atom stereocenters. The smallest absolute Gasteiger partial charge is 0.290 e. The minimum Gasteiger partial charge on any atom is -0.494 e. The van der Waals surface area contributed by atoms with Gasteiger partial charge in [0.05, 0.1) is 37.4 Å². The van der Waals surface area contributed by atoms with Crippen LogP contribution in [0.3, 0.4) is 0 Å². The topological polar surface area (TPSA) is 68.3 Å². The first kappa shape index (κ1) is 23.4. The highest BCUT2D eigenvalue weighted by Gasteiger charge is 2.52. The molecule has 7 nitrogen and oxygen atoms in total. The fraction of sp³-hybridized carbons (Fsp3) is 0.630. The second-order valence-electron chi connectivity index (χ2n) is 10.1. The van der Waals surface area contributed by atoms with Crippen molar-refractivity contribution in [3.63, 3.8) is 0 Å². The van der Waals surface area contributed by atoms with Gasteiger partial charge in [0.1, 0.15) is 11.9 Å². The summed E-state index contributed by atoms with van der Waals surface area (Å²) in [4.78, 5) is 31.6. The number of carbonyl (C=O) groups is 2. The SMILES string of the molecule is CCCOc1ccc(C2C3=C(OC4CCC(C)CC4C3=O)C(=O)N2CCN2CCOCC2)cc1. The quantitative estimate of drug-likeness (QED) is 0.611. The zero-order chi connectivity index (χ0) is 23.7. The molecule has 1 aromatic carbocycles. The summed E-state index contributed by atoms with van der Waals surface area (Å²) in [5.74, 6) is 1.40. The minimum absolute atomic E-state index is 0.108. The van der Waals surface area contributed by atoms with Gasteiger partial charge in [-0.3, -0.25) is 14.5 Å². The number of rotatable bonds is 7. The highest BCUT2D eigenvalue weighted by molar-refractivity contribution is 6.11. The van der Waals surface area contributed by atoms with Crippen LogP contribution in [0.5, 0.6) is 5.75 Å². The number of Topliss-reactive ketones (excluding diaryl/α,β-unsaturated/α-hetero) is 1. The standard InChI is InChI=1S/C27H36N2O5/c1-3-14-33-20-7-5-19(6-8-20)24-23-25(30)21-17-18(2)4-9-22(21)34-26(23)27(31)29(24)11-10-28-12-15-32-16-13-28/h5-8,18,21-22,24H,3-4,9-17H2,1-2H3. The van der Waals surface area contributed by atoms with E-state index >= 15 is 0 Å². The predicted octanol–water partition coefficient (Wildman–Crippen LogP) is 3.35. The molecule has 184 valence electrons. The molecule has 1 saturated carbocycles. The molecule has 1 aromatic rings. The molecule has 0 aromatic heterocycles. The van der Waals surface area contributed by atoms with Gasteiger partial charge in [-0.25, -0.2) is 0 Å². The second-order valence-corrected chi connectivity index (χ2v) is 10.1. The second kappa shape index (κ2) is 10.1. The van der Waals surface area contributed by atoms with Gasteiger partial charge in [0.15, 0.2) is 11.5 Å². The average molecular weight is 469 g/mol.